The first kappa shape index (κ1) is 16.8. The summed E-state index contributed by atoms with van der Waals surface area (Å²) >= 11 is 3.56. The number of rotatable bonds is 7. The topological polar surface area (TPSA) is 30.5 Å². The fraction of sp³-hybridized carbons (Fsp3) is 0.647. The Hall–Kier alpha value is -0.580. The average Bonchev–Trinajstić information content (AvgIpc) is 2.87. The van der Waals surface area contributed by atoms with Gasteiger partial charge in [-0.25, -0.2) is 0 Å². The van der Waals surface area contributed by atoms with Gasteiger partial charge in [-0.15, -0.1) is 0 Å². The highest BCUT2D eigenvalue weighted by Gasteiger charge is 2.35. The zero-order valence-electron chi connectivity index (χ0n) is 13.2. The number of ether oxygens (including phenoxy) is 2. The summed E-state index contributed by atoms with van der Waals surface area (Å²) in [6.07, 6.45) is 2.09. The third-order valence-electron chi connectivity index (χ3n) is 4.05. The van der Waals surface area contributed by atoms with E-state index < -0.39 is 0 Å². The van der Waals surface area contributed by atoms with E-state index in [4.69, 9.17) is 9.47 Å². The summed E-state index contributed by atoms with van der Waals surface area (Å²) in [5.74, 6) is 1.64. The molecule has 0 spiro atoms. The van der Waals surface area contributed by atoms with Crippen LogP contribution in [0.3, 0.4) is 0 Å². The molecule has 1 aromatic rings. The molecule has 0 bridgehead atoms. The van der Waals surface area contributed by atoms with Gasteiger partial charge in [-0.05, 0) is 49.1 Å². The number of halogens is 1. The molecular weight excluding hydrogens is 330 g/mol. The van der Waals surface area contributed by atoms with Crippen LogP contribution >= 0.6 is 15.9 Å². The second-order valence-electron chi connectivity index (χ2n) is 6.46. The molecule has 0 aromatic heterocycles. The van der Waals surface area contributed by atoms with Crippen LogP contribution < -0.4 is 10.1 Å². The van der Waals surface area contributed by atoms with Crippen LogP contribution in [-0.4, -0.2) is 33.4 Å². The van der Waals surface area contributed by atoms with E-state index in [0.717, 1.165) is 49.4 Å². The highest BCUT2D eigenvalue weighted by Crippen LogP contribution is 2.36. The summed E-state index contributed by atoms with van der Waals surface area (Å²) < 4.78 is 12.3. The molecule has 4 heteroatoms. The maximum Gasteiger partial charge on any atom is 0.122 e. The monoisotopic (exact) mass is 355 g/mol. The fourth-order valence-electron chi connectivity index (χ4n) is 2.91. The van der Waals surface area contributed by atoms with Gasteiger partial charge in [0.1, 0.15) is 5.75 Å². The summed E-state index contributed by atoms with van der Waals surface area (Å²) in [6, 6.07) is 6.23. The largest absolute Gasteiger partial charge is 0.496 e. The van der Waals surface area contributed by atoms with E-state index in [-0.39, 0.29) is 5.41 Å². The number of methoxy groups -OCH3 is 1. The van der Waals surface area contributed by atoms with Crippen LogP contribution in [0.1, 0.15) is 25.8 Å². The molecule has 1 fully saturated rings. The normalized spacial score (nSPS) is 22.0. The van der Waals surface area contributed by atoms with Gasteiger partial charge in [0.25, 0.3) is 0 Å². The predicted octanol–water partition coefficient (Wildman–Crippen LogP) is 3.65. The Kier molecular flexibility index (Phi) is 6.08. The highest BCUT2D eigenvalue weighted by molar-refractivity contribution is 9.10. The lowest BCUT2D eigenvalue weighted by Gasteiger charge is -2.29. The maximum atomic E-state index is 5.70. The average molecular weight is 356 g/mol. The molecule has 0 radical (unpaired) electrons. The molecule has 0 amide bonds. The number of nitrogens with one attached hydrogen (secondary N) is 1. The van der Waals surface area contributed by atoms with Crippen molar-refractivity contribution in [2.24, 2.45) is 11.3 Å². The van der Waals surface area contributed by atoms with Crippen molar-refractivity contribution < 1.29 is 9.47 Å². The van der Waals surface area contributed by atoms with Gasteiger partial charge in [0.05, 0.1) is 13.7 Å². The van der Waals surface area contributed by atoms with E-state index in [1.54, 1.807) is 7.11 Å². The van der Waals surface area contributed by atoms with Crippen LogP contribution in [0.15, 0.2) is 22.7 Å². The quantitative estimate of drug-likeness (QED) is 0.809. The van der Waals surface area contributed by atoms with Gasteiger partial charge in [0.2, 0.25) is 0 Å². The first-order chi connectivity index (χ1) is 10.0. The minimum atomic E-state index is 0.183. The molecule has 2 rings (SSSR count). The summed E-state index contributed by atoms with van der Waals surface area (Å²) in [7, 11) is 1.74. The molecule has 1 N–H and O–H groups in total. The molecule has 1 unspecified atom stereocenters. The van der Waals surface area contributed by atoms with Crippen molar-refractivity contribution in [1.29, 1.82) is 0 Å². The zero-order chi connectivity index (χ0) is 15.3. The molecular formula is C17H26BrNO2. The smallest absolute Gasteiger partial charge is 0.122 e. The van der Waals surface area contributed by atoms with Gasteiger partial charge in [0.15, 0.2) is 0 Å². The molecule has 118 valence electrons. The molecule has 0 saturated carbocycles. The lowest BCUT2D eigenvalue weighted by molar-refractivity contribution is 0.148. The first-order valence-electron chi connectivity index (χ1n) is 7.65. The molecule has 1 aliphatic rings. The summed E-state index contributed by atoms with van der Waals surface area (Å²) in [5, 5.41) is 3.61. The van der Waals surface area contributed by atoms with E-state index >= 15 is 0 Å². The Morgan fingerprint density at radius 3 is 2.86 bits per heavy atom. The fourth-order valence-corrected chi connectivity index (χ4v) is 3.31. The van der Waals surface area contributed by atoms with E-state index in [1.807, 2.05) is 12.1 Å². The lowest BCUT2D eigenvalue weighted by Crippen LogP contribution is -2.38. The summed E-state index contributed by atoms with van der Waals surface area (Å²) in [4.78, 5) is 0. The van der Waals surface area contributed by atoms with Crippen LogP contribution in [-0.2, 0) is 11.2 Å². The van der Waals surface area contributed by atoms with E-state index in [0.29, 0.717) is 5.92 Å². The van der Waals surface area contributed by atoms with Gasteiger partial charge in [-0.2, -0.15) is 0 Å². The van der Waals surface area contributed by atoms with Crippen molar-refractivity contribution in [2.75, 3.05) is 33.4 Å². The van der Waals surface area contributed by atoms with Crippen molar-refractivity contribution in [3.8, 4) is 5.75 Å². The Labute approximate surface area is 136 Å². The van der Waals surface area contributed by atoms with Crippen LogP contribution in [0, 0.1) is 11.3 Å². The lowest BCUT2D eigenvalue weighted by atomic mass is 9.80. The predicted molar refractivity (Wildman–Crippen MR) is 90.0 cm³/mol. The van der Waals surface area contributed by atoms with Crippen molar-refractivity contribution in [3.05, 3.63) is 28.2 Å². The van der Waals surface area contributed by atoms with E-state index in [1.165, 1.54) is 5.56 Å². The van der Waals surface area contributed by atoms with Gasteiger partial charge in [-0.3, -0.25) is 0 Å². The standard InChI is InChI=1S/C17H26BrNO2/c1-13(2)10-19-11-17(6-7-21-12-17)9-14-8-15(18)4-5-16(14)20-3/h4-5,8,13,19H,6-7,9-12H2,1-3H3. The zero-order valence-corrected chi connectivity index (χ0v) is 14.8. The van der Waals surface area contributed by atoms with Crippen molar-refractivity contribution in [2.45, 2.75) is 26.7 Å². The molecule has 1 aromatic carbocycles. The number of benzene rings is 1. The second kappa shape index (κ2) is 7.61. The van der Waals surface area contributed by atoms with Crippen LogP contribution in [0.2, 0.25) is 0 Å². The molecule has 1 saturated heterocycles. The second-order valence-corrected chi connectivity index (χ2v) is 7.38. The minimum absolute atomic E-state index is 0.183. The highest BCUT2D eigenvalue weighted by atomic mass is 79.9. The van der Waals surface area contributed by atoms with Crippen LogP contribution in [0.5, 0.6) is 5.75 Å². The summed E-state index contributed by atoms with van der Waals surface area (Å²) in [6.45, 7) is 8.22. The summed E-state index contributed by atoms with van der Waals surface area (Å²) in [5.41, 5.74) is 1.44. The molecule has 0 aliphatic carbocycles. The van der Waals surface area contributed by atoms with E-state index in [9.17, 15) is 0 Å². The van der Waals surface area contributed by atoms with Crippen molar-refractivity contribution >= 4 is 15.9 Å². The molecule has 21 heavy (non-hydrogen) atoms. The maximum absolute atomic E-state index is 5.70. The number of hydrogen-bond acceptors (Lipinski definition) is 3. The van der Waals surface area contributed by atoms with Gasteiger partial charge >= 0.3 is 0 Å². The SMILES string of the molecule is COc1ccc(Br)cc1CC1(CNCC(C)C)CCOC1. The van der Waals surface area contributed by atoms with Crippen LogP contribution in [0.25, 0.3) is 0 Å². The molecule has 3 nitrogen and oxygen atoms in total. The Morgan fingerprint density at radius 1 is 1.43 bits per heavy atom. The molecule has 1 atom stereocenters. The van der Waals surface area contributed by atoms with E-state index in [2.05, 4.69) is 41.2 Å². The Balaban J connectivity index is 2.10. The van der Waals surface area contributed by atoms with Crippen molar-refractivity contribution in [1.82, 2.24) is 5.32 Å². The molecule has 1 aliphatic heterocycles. The Morgan fingerprint density at radius 2 is 2.24 bits per heavy atom. The van der Waals surface area contributed by atoms with Gasteiger partial charge in [-0.1, -0.05) is 29.8 Å². The minimum Gasteiger partial charge on any atom is -0.496 e. The number of hydrogen-bond donors (Lipinski definition) is 1. The van der Waals surface area contributed by atoms with Gasteiger partial charge in [0, 0.05) is 23.0 Å². The van der Waals surface area contributed by atoms with Crippen LogP contribution in [0.4, 0.5) is 0 Å². The third kappa shape index (κ3) is 4.70. The van der Waals surface area contributed by atoms with Gasteiger partial charge < -0.3 is 14.8 Å². The Bertz CT molecular complexity index is 456. The molecule has 1 heterocycles. The van der Waals surface area contributed by atoms with Crippen molar-refractivity contribution in [3.63, 3.8) is 0 Å². The first-order valence-corrected chi connectivity index (χ1v) is 8.45. The third-order valence-corrected chi connectivity index (χ3v) is 4.54.